The molecule has 0 fully saturated rings. The normalized spacial score (nSPS) is 11.9. The Morgan fingerprint density at radius 3 is 2.49 bits per heavy atom. The van der Waals surface area contributed by atoms with Gasteiger partial charge in [0.05, 0.1) is 41.4 Å². The molecule has 35 heavy (non-hydrogen) atoms. The number of halogens is 4. The molecule has 6 nitrogen and oxygen atoms in total. The molecule has 3 aromatic heterocycles. The van der Waals surface area contributed by atoms with Gasteiger partial charge in [0.25, 0.3) is 0 Å². The molecule has 5 aromatic rings. The van der Waals surface area contributed by atoms with E-state index in [0.29, 0.717) is 33.9 Å². The number of para-hydroxylation sites is 1. The van der Waals surface area contributed by atoms with E-state index in [-0.39, 0.29) is 11.4 Å². The second-order valence-corrected chi connectivity index (χ2v) is 8.01. The highest BCUT2D eigenvalue weighted by Gasteiger charge is 2.34. The zero-order chi connectivity index (χ0) is 24.9. The summed E-state index contributed by atoms with van der Waals surface area (Å²) in [6.07, 6.45) is -1.30. The van der Waals surface area contributed by atoms with E-state index in [0.717, 1.165) is 17.8 Å². The van der Waals surface area contributed by atoms with Crippen LogP contribution in [0.4, 0.5) is 17.6 Å². The number of hydrogen-bond acceptors (Lipinski definition) is 4. The van der Waals surface area contributed by atoms with E-state index in [1.807, 2.05) is 43.5 Å². The maximum Gasteiger partial charge on any atom is 0.419 e. The molecule has 2 aromatic carbocycles. The molecule has 0 spiro atoms. The predicted octanol–water partition coefficient (Wildman–Crippen LogP) is 5.96. The van der Waals surface area contributed by atoms with Crippen LogP contribution in [0.2, 0.25) is 0 Å². The summed E-state index contributed by atoms with van der Waals surface area (Å²) in [4.78, 5) is 13.5. The first-order valence-electron chi connectivity index (χ1n) is 10.6. The van der Waals surface area contributed by atoms with E-state index in [1.165, 1.54) is 13.2 Å². The molecular weight excluding hydrogens is 462 g/mol. The van der Waals surface area contributed by atoms with Crippen molar-refractivity contribution in [1.29, 1.82) is 0 Å². The van der Waals surface area contributed by atoms with Crippen molar-refractivity contribution >= 4 is 11.0 Å². The van der Waals surface area contributed by atoms with Crippen LogP contribution in [0.15, 0.2) is 61.1 Å². The minimum Gasteiger partial charge on any atom is -0.479 e. The Bertz CT molecular complexity index is 1570. The SMILES string of the molecule is COc1nc(-c2cccc3c2nc(-c2ccc(F)c(C(F)(F)F)c2)n3C)ccc1-n1cnc(C)c1. The molecule has 10 heteroatoms. The smallest absolute Gasteiger partial charge is 0.419 e. The summed E-state index contributed by atoms with van der Waals surface area (Å²) in [6, 6.07) is 12.0. The van der Waals surface area contributed by atoms with E-state index in [1.54, 1.807) is 22.5 Å². The molecule has 0 aliphatic carbocycles. The van der Waals surface area contributed by atoms with Gasteiger partial charge in [0.1, 0.15) is 17.3 Å². The van der Waals surface area contributed by atoms with Gasteiger partial charge < -0.3 is 13.9 Å². The van der Waals surface area contributed by atoms with Crippen LogP contribution in [-0.2, 0) is 13.2 Å². The highest BCUT2D eigenvalue weighted by atomic mass is 19.4. The molecule has 0 saturated heterocycles. The number of nitrogens with zero attached hydrogens (tertiary/aromatic N) is 5. The van der Waals surface area contributed by atoms with Crippen molar-refractivity contribution in [1.82, 2.24) is 24.1 Å². The monoisotopic (exact) mass is 481 g/mol. The van der Waals surface area contributed by atoms with Crippen molar-refractivity contribution in [2.24, 2.45) is 7.05 Å². The number of imidazole rings is 2. The molecule has 3 heterocycles. The van der Waals surface area contributed by atoms with Crippen molar-refractivity contribution in [3.05, 3.63) is 78.1 Å². The van der Waals surface area contributed by atoms with Gasteiger partial charge in [-0.2, -0.15) is 13.2 Å². The van der Waals surface area contributed by atoms with Crippen molar-refractivity contribution in [3.8, 4) is 34.2 Å². The first-order chi connectivity index (χ1) is 16.7. The fraction of sp³-hybridized carbons (Fsp3) is 0.160. The Hall–Kier alpha value is -4.21. The zero-order valence-electron chi connectivity index (χ0n) is 18.9. The number of pyridine rings is 1. The van der Waals surface area contributed by atoms with Crippen LogP contribution < -0.4 is 4.74 Å². The highest BCUT2D eigenvalue weighted by molar-refractivity contribution is 5.93. The van der Waals surface area contributed by atoms with Gasteiger partial charge in [0, 0.05) is 24.4 Å². The van der Waals surface area contributed by atoms with E-state index in [4.69, 9.17) is 4.74 Å². The topological polar surface area (TPSA) is 57.8 Å². The van der Waals surface area contributed by atoms with Gasteiger partial charge in [-0.25, -0.2) is 19.3 Å². The zero-order valence-corrected chi connectivity index (χ0v) is 18.9. The van der Waals surface area contributed by atoms with Crippen LogP contribution >= 0.6 is 0 Å². The van der Waals surface area contributed by atoms with Gasteiger partial charge in [-0.1, -0.05) is 12.1 Å². The van der Waals surface area contributed by atoms with Gasteiger partial charge in [-0.15, -0.1) is 0 Å². The largest absolute Gasteiger partial charge is 0.479 e. The first kappa shape index (κ1) is 22.6. The van der Waals surface area contributed by atoms with Crippen molar-refractivity contribution < 1.29 is 22.3 Å². The molecule has 5 rings (SSSR count). The second-order valence-electron chi connectivity index (χ2n) is 8.01. The molecule has 0 unspecified atom stereocenters. The number of fused-ring (bicyclic) bond motifs is 1. The van der Waals surface area contributed by atoms with Gasteiger partial charge >= 0.3 is 6.18 Å². The third-order valence-corrected chi connectivity index (χ3v) is 5.74. The Morgan fingerprint density at radius 1 is 1.00 bits per heavy atom. The maximum atomic E-state index is 13.8. The fourth-order valence-electron chi connectivity index (χ4n) is 4.04. The van der Waals surface area contributed by atoms with E-state index >= 15 is 0 Å². The summed E-state index contributed by atoms with van der Waals surface area (Å²) >= 11 is 0. The third kappa shape index (κ3) is 3.90. The maximum absolute atomic E-state index is 13.8. The van der Waals surface area contributed by atoms with Gasteiger partial charge in [0.2, 0.25) is 5.88 Å². The molecule has 0 N–H and O–H groups in total. The molecule has 0 aliphatic heterocycles. The first-order valence-corrected chi connectivity index (χ1v) is 10.6. The second kappa shape index (κ2) is 8.23. The number of rotatable bonds is 4. The minimum absolute atomic E-state index is 0.153. The quantitative estimate of drug-likeness (QED) is 0.297. The summed E-state index contributed by atoms with van der Waals surface area (Å²) in [5.41, 5.74) is 2.85. The molecule has 178 valence electrons. The lowest BCUT2D eigenvalue weighted by molar-refractivity contribution is -0.139. The average Bonchev–Trinajstić information content (AvgIpc) is 3.41. The summed E-state index contributed by atoms with van der Waals surface area (Å²) in [6.45, 7) is 1.88. The van der Waals surface area contributed by atoms with E-state index in [9.17, 15) is 17.6 Å². The van der Waals surface area contributed by atoms with E-state index < -0.39 is 17.6 Å². The molecular formula is C25H19F4N5O. The number of benzene rings is 2. The van der Waals surface area contributed by atoms with Crippen LogP contribution in [0, 0.1) is 12.7 Å². The minimum atomic E-state index is -4.81. The predicted molar refractivity (Wildman–Crippen MR) is 123 cm³/mol. The Labute approximate surface area is 197 Å². The molecule has 0 aliphatic rings. The molecule has 0 bridgehead atoms. The summed E-state index contributed by atoms with van der Waals surface area (Å²) in [7, 11) is 3.22. The third-order valence-electron chi connectivity index (χ3n) is 5.74. The van der Waals surface area contributed by atoms with Gasteiger partial charge in [0.15, 0.2) is 0 Å². The lowest BCUT2D eigenvalue weighted by atomic mass is 10.1. The van der Waals surface area contributed by atoms with Crippen molar-refractivity contribution in [2.45, 2.75) is 13.1 Å². The van der Waals surface area contributed by atoms with Crippen molar-refractivity contribution in [3.63, 3.8) is 0 Å². The number of aromatic nitrogens is 5. The lowest BCUT2D eigenvalue weighted by Crippen LogP contribution is -2.08. The Kier molecular flexibility index (Phi) is 5.31. The van der Waals surface area contributed by atoms with Gasteiger partial charge in [-0.3, -0.25) is 0 Å². The summed E-state index contributed by atoms with van der Waals surface area (Å²) < 4.78 is 62.6. The lowest BCUT2D eigenvalue weighted by Gasteiger charge is -2.10. The van der Waals surface area contributed by atoms with Crippen LogP contribution in [0.1, 0.15) is 11.3 Å². The molecule has 0 radical (unpaired) electrons. The number of alkyl halides is 3. The number of aryl methyl sites for hydroxylation is 2. The molecule has 0 saturated carbocycles. The summed E-state index contributed by atoms with van der Waals surface area (Å²) in [5.74, 6) is -0.679. The number of methoxy groups -OCH3 is 1. The summed E-state index contributed by atoms with van der Waals surface area (Å²) in [5, 5.41) is 0. The van der Waals surface area contributed by atoms with E-state index in [2.05, 4.69) is 15.0 Å². The average molecular weight is 481 g/mol. The molecule has 0 amide bonds. The highest BCUT2D eigenvalue weighted by Crippen LogP contribution is 2.36. The number of hydrogen-bond donors (Lipinski definition) is 0. The van der Waals surface area contributed by atoms with Crippen molar-refractivity contribution in [2.75, 3.05) is 7.11 Å². The van der Waals surface area contributed by atoms with Crippen LogP contribution in [0.25, 0.3) is 39.4 Å². The van der Waals surface area contributed by atoms with Crippen LogP contribution in [0.5, 0.6) is 5.88 Å². The van der Waals surface area contributed by atoms with Gasteiger partial charge in [-0.05, 0) is 43.3 Å². The number of ether oxygens (including phenoxy) is 1. The standard InChI is InChI=1S/C25H19F4N5O/c1-14-12-34(13-30-14)21-10-9-19(31-24(21)35-3)16-5-4-6-20-22(16)32-23(33(20)2)15-7-8-18(26)17(11-15)25(27,28)29/h4-13H,1-3H3. The fourth-order valence-corrected chi connectivity index (χ4v) is 4.04. The Morgan fingerprint density at radius 2 is 1.80 bits per heavy atom. The Balaban J connectivity index is 1.65. The van der Waals surface area contributed by atoms with Crippen LogP contribution in [0.3, 0.4) is 0 Å². The van der Waals surface area contributed by atoms with Crippen LogP contribution in [-0.4, -0.2) is 31.2 Å². The molecule has 0 atom stereocenters.